The lowest BCUT2D eigenvalue weighted by molar-refractivity contribution is -0.137. The first-order chi connectivity index (χ1) is 7.98. The molecule has 1 unspecified atom stereocenters. The van der Waals surface area contributed by atoms with Crippen LogP contribution in [0.15, 0.2) is 6.20 Å². The summed E-state index contributed by atoms with van der Waals surface area (Å²) in [5.74, 6) is -0.622. The van der Waals surface area contributed by atoms with E-state index in [1.807, 2.05) is 0 Å². The van der Waals surface area contributed by atoms with Gasteiger partial charge in [-0.2, -0.15) is 13.2 Å². The van der Waals surface area contributed by atoms with Crippen LogP contribution in [0.1, 0.15) is 27.5 Å². The molecule has 0 amide bonds. The second-order valence-corrected chi connectivity index (χ2v) is 4.84. The van der Waals surface area contributed by atoms with Crippen LogP contribution in [0.5, 0.6) is 0 Å². The molecule has 94 valence electrons. The SMILES string of the molecule is O=C(c1cnc(C(F)(F)F)s1)C1CCCOC1. The summed E-state index contributed by atoms with van der Waals surface area (Å²) < 4.78 is 42.1. The highest BCUT2D eigenvalue weighted by molar-refractivity contribution is 7.13. The van der Waals surface area contributed by atoms with Gasteiger partial charge in [0.05, 0.1) is 11.5 Å². The van der Waals surface area contributed by atoms with Gasteiger partial charge in [-0.3, -0.25) is 4.79 Å². The number of hydrogen-bond donors (Lipinski definition) is 0. The quantitative estimate of drug-likeness (QED) is 0.772. The third kappa shape index (κ3) is 2.84. The average Bonchev–Trinajstić information content (AvgIpc) is 2.78. The van der Waals surface area contributed by atoms with Gasteiger partial charge in [0, 0.05) is 18.7 Å². The van der Waals surface area contributed by atoms with E-state index in [-0.39, 0.29) is 23.2 Å². The van der Waals surface area contributed by atoms with E-state index in [2.05, 4.69) is 4.98 Å². The molecule has 0 aromatic carbocycles. The first kappa shape index (κ1) is 12.5. The second kappa shape index (κ2) is 4.73. The lowest BCUT2D eigenvalue weighted by atomic mass is 9.97. The van der Waals surface area contributed by atoms with Gasteiger partial charge in [0.1, 0.15) is 0 Å². The van der Waals surface area contributed by atoms with Crippen LogP contribution in [-0.2, 0) is 10.9 Å². The fourth-order valence-electron chi connectivity index (χ4n) is 1.67. The molecule has 1 aliphatic heterocycles. The van der Waals surface area contributed by atoms with Crippen LogP contribution in [-0.4, -0.2) is 24.0 Å². The van der Waals surface area contributed by atoms with Gasteiger partial charge in [-0.15, -0.1) is 11.3 Å². The first-order valence-electron chi connectivity index (χ1n) is 5.13. The Morgan fingerprint density at radius 1 is 1.53 bits per heavy atom. The Morgan fingerprint density at radius 2 is 2.29 bits per heavy atom. The Bertz CT molecular complexity index is 410. The van der Waals surface area contributed by atoms with Crippen molar-refractivity contribution in [1.29, 1.82) is 0 Å². The molecule has 7 heteroatoms. The largest absolute Gasteiger partial charge is 0.443 e. The lowest BCUT2D eigenvalue weighted by Gasteiger charge is -2.19. The second-order valence-electron chi connectivity index (χ2n) is 3.81. The standard InChI is InChI=1S/C10H10F3NO2S/c11-10(12,13)9-14-4-7(17-9)8(15)6-2-1-3-16-5-6/h4,6H,1-3,5H2. The Balaban J connectivity index is 2.11. The smallest absolute Gasteiger partial charge is 0.381 e. The van der Waals surface area contributed by atoms with Crippen LogP contribution in [0.2, 0.25) is 0 Å². The number of carbonyl (C=O) groups is 1. The topological polar surface area (TPSA) is 39.2 Å². The molecule has 0 bridgehead atoms. The molecule has 0 N–H and O–H groups in total. The summed E-state index contributed by atoms with van der Waals surface area (Å²) in [6.45, 7) is 0.901. The predicted octanol–water partition coefficient (Wildman–Crippen LogP) is 2.77. The van der Waals surface area contributed by atoms with Crippen LogP contribution in [0.3, 0.4) is 0 Å². The van der Waals surface area contributed by atoms with Gasteiger partial charge >= 0.3 is 6.18 Å². The molecule has 2 rings (SSSR count). The van der Waals surface area contributed by atoms with E-state index < -0.39 is 11.2 Å². The minimum atomic E-state index is -4.48. The molecule has 0 saturated carbocycles. The first-order valence-corrected chi connectivity index (χ1v) is 5.95. The van der Waals surface area contributed by atoms with Crippen LogP contribution in [0.4, 0.5) is 13.2 Å². The van der Waals surface area contributed by atoms with Crippen molar-refractivity contribution < 1.29 is 22.7 Å². The molecule has 1 aromatic heterocycles. The molecule has 3 nitrogen and oxygen atoms in total. The summed E-state index contributed by atoms with van der Waals surface area (Å²) in [6, 6.07) is 0. The van der Waals surface area contributed by atoms with E-state index in [4.69, 9.17) is 4.74 Å². The fraction of sp³-hybridized carbons (Fsp3) is 0.600. The predicted molar refractivity (Wildman–Crippen MR) is 55.0 cm³/mol. The maximum absolute atomic E-state index is 12.3. The number of ketones is 1. The Morgan fingerprint density at radius 3 is 2.82 bits per heavy atom. The zero-order valence-electron chi connectivity index (χ0n) is 8.79. The van der Waals surface area contributed by atoms with Crippen molar-refractivity contribution in [2.45, 2.75) is 19.0 Å². The Kier molecular flexibility index (Phi) is 3.48. The highest BCUT2D eigenvalue weighted by atomic mass is 32.1. The molecule has 1 saturated heterocycles. The highest BCUT2D eigenvalue weighted by Crippen LogP contribution is 2.33. The minimum absolute atomic E-state index is 0.0628. The number of hydrogen-bond acceptors (Lipinski definition) is 4. The minimum Gasteiger partial charge on any atom is -0.381 e. The third-order valence-corrected chi connectivity index (χ3v) is 3.58. The van der Waals surface area contributed by atoms with Gasteiger partial charge in [0.2, 0.25) is 0 Å². The van der Waals surface area contributed by atoms with E-state index in [0.29, 0.717) is 24.4 Å². The third-order valence-electron chi connectivity index (χ3n) is 2.52. The molecule has 17 heavy (non-hydrogen) atoms. The molecule has 1 aromatic rings. The summed E-state index contributed by atoms with van der Waals surface area (Å²) in [4.78, 5) is 15.2. The normalized spacial score (nSPS) is 21.5. The Hall–Kier alpha value is -0.950. The average molecular weight is 265 g/mol. The number of nitrogens with zero attached hydrogens (tertiary/aromatic N) is 1. The van der Waals surface area contributed by atoms with Crippen molar-refractivity contribution in [1.82, 2.24) is 4.98 Å². The summed E-state index contributed by atoms with van der Waals surface area (Å²) in [5, 5.41) is -0.974. The number of ether oxygens (including phenoxy) is 1. The van der Waals surface area contributed by atoms with Crippen molar-refractivity contribution in [2.24, 2.45) is 5.92 Å². The summed E-state index contributed by atoms with van der Waals surface area (Å²) >= 11 is 0.400. The number of rotatable bonds is 2. The molecule has 1 aliphatic rings. The van der Waals surface area contributed by atoms with Crippen molar-refractivity contribution in [3.63, 3.8) is 0 Å². The fourth-order valence-corrected chi connectivity index (χ4v) is 2.47. The molecule has 1 atom stereocenters. The molecule has 0 spiro atoms. The summed E-state index contributed by atoms with van der Waals surface area (Å²) in [5.41, 5.74) is 0. The number of aromatic nitrogens is 1. The molecule has 0 aliphatic carbocycles. The van der Waals surface area contributed by atoms with Gasteiger partial charge in [-0.1, -0.05) is 0 Å². The van der Waals surface area contributed by atoms with Crippen molar-refractivity contribution in [3.05, 3.63) is 16.1 Å². The van der Waals surface area contributed by atoms with E-state index in [1.54, 1.807) is 0 Å². The number of carbonyl (C=O) groups excluding carboxylic acids is 1. The van der Waals surface area contributed by atoms with Gasteiger partial charge < -0.3 is 4.74 Å². The van der Waals surface area contributed by atoms with Gasteiger partial charge in [0.15, 0.2) is 10.8 Å². The lowest BCUT2D eigenvalue weighted by Crippen LogP contribution is -2.24. The highest BCUT2D eigenvalue weighted by Gasteiger charge is 2.36. The van der Waals surface area contributed by atoms with Gasteiger partial charge in [-0.05, 0) is 12.8 Å². The van der Waals surface area contributed by atoms with Crippen LogP contribution < -0.4 is 0 Å². The molecule has 0 radical (unpaired) electrons. The molecular formula is C10H10F3NO2S. The number of halogens is 3. The monoisotopic (exact) mass is 265 g/mol. The van der Waals surface area contributed by atoms with E-state index >= 15 is 0 Å². The van der Waals surface area contributed by atoms with E-state index in [0.717, 1.165) is 12.6 Å². The maximum atomic E-state index is 12.3. The van der Waals surface area contributed by atoms with Crippen LogP contribution in [0, 0.1) is 5.92 Å². The zero-order chi connectivity index (χ0) is 12.5. The van der Waals surface area contributed by atoms with Crippen molar-refractivity contribution in [2.75, 3.05) is 13.2 Å². The van der Waals surface area contributed by atoms with Crippen molar-refractivity contribution in [3.8, 4) is 0 Å². The number of alkyl halides is 3. The maximum Gasteiger partial charge on any atom is 0.443 e. The summed E-state index contributed by atoms with van der Waals surface area (Å²) in [7, 11) is 0. The number of thiazole rings is 1. The van der Waals surface area contributed by atoms with Crippen LogP contribution in [0.25, 0.3) is 0 Å². The molecule has 1 fully saturated rings. The zero-order valence-corrected chi connectivity index (χ0v) is 9.61. The molecular weight excluding hydrogens is 255 g/mol. The van der Waals surface area contributed by atoms with Crippen LogP contribution >= 0.6 is 11.3 Å². The van der Waals surface area contributed by atoms with E-state index in [1.165, 1.54) is 0 Å². The summed E-state index contributed by atoms with van der Waals surface area (Å²) in [6.07, 6.45) is -2.05. The molecule has 2 heterocycles. The number of Topliss-reactive ketones (excluding diaryl/α,β-unsaturated/α-hetero) is 1. The van der Waals surface area contributed by atoms with E-state index in [9.17, 15) is 18.0 Å². The Labute approximate surface area is 99.6 Å². The van der Waals surface area contributed by atoms with Gasteiger partial charge in [0.25, 0.3) is 0 Å². The van der Waals surface area contributed by atoms with Crippen molar-refractivity contribution >= 4 is 17.1 Å². The van der Waals surface area contributed by atoms with Gasteiger partial charge in [-0.25, -0.2) is 4.98 Å².